The van der Waals surface area contributed by atoms with Crippen LogP contribution in [0.1, 0.15) is 50.2 Å². The topological polar surface area (TPSA) is 130 Å². The maximum atomic E-state index is 14.1. The van der Waals surface area contributed by atoms with Crippen molar-refractivity contribution in [3.8, 4) is 0 Å². The first-order valence-corrected chi connectivity index (χ1v) is 15.5. The van der Waals surface area contributed by atoms with E-state index in [1.54, 1.807) is 18.2 Å². The van der Waals surface area contributed by atoms with Gasteiger partial charge in [-0.25, -0.2) is 8.42 Å². The molecule has 0 radical (unpaired) electrons. The van der Waals surface area contributed by atoms with Gasteiger partial charge in [0.1, 0.15) is 12.6 Å². The minimum Gasteiger partial charge on any atom is -0.352 e. The van der Waals surface area contributed by atoms with Crippen molar-refractivity contribution in [2.24, 2.45) is 0 Å². The normalized spacial score (nSPS) is 14.2. The number of hydrogen-bond donors (Lipinski definition) is 1. The van der Waals surface area contributed by atoms with E-state index in [0.29, 0.717) is 6.42 Å². The van der Waals surface area contributed by atoms with E-state index in [1.165, 1.54) is 35.2 Å². The fourth-order valence-electron chi connectivity index (χ4n) is 5.19. The maximum absolute atomic E-state index is 14.1. The van der Waals surface area contributed by atoms with Crippen LogP contribution in [0.5, 0.6) is 0 Å². The van der Waals surface area contributed by atoms with Gasteiger partial charge in [-0.3, -0.25) is 24.0 Å². The molecule has 222 valence electrons. The number of aryl methyl sites for hydroxylation is 1. The van der Waals surface area contributed by atoms with Gasteiger partial charge in [-0.05, 0) is 49.9 Å². The fraction of sp³-hybridized carbons (Fsp3) is 0.355. The lowest BCUT2D eigenvalue weighted by atomic mass is 10.1. The highest BCUT2D eigenvalue weighted by Crippen LogP contribution is 2.28. The van der Waals surface area contributed by atoms with Crippen molar-refractivity contribution < 1.29 is 22.9 Å². The van der Waals surface area contributed by atoms with Gasteiger partial charge in [0, 0.05) is 24.7 Å². The summed E-state index contributed by atoms with van der Waals surface area (Å²) in [6.45, 7) is 3.19. The number of non-ortho nitro benzene ring substituents is 1. The molecule has 0 heterocycles. The van der Waals surface area contributed by atoms with E-state index in [2.05, 4.69) is 5.32 Å². The molecule has 3 aromatic carbocycles. The summed E-state index contributed by atoms with van der Waals surface area (Å²) in [6.07, 6.45) is 4.14. The Morgan fingerprint density at radius 3 is 2.29 bits per heavy atom. The maximum Gasteiger partial charge on any atom is 0.271 e. The lowest BCUT2D eigenvalue weighted by Gasteiger charge is -2.33. The second-order valence-corrected chi connectivity index (χ2v) is 12.4. The predicted molar refractivity (Wildman–Crippen MR) is 160 cm³/mol. The molecule has 10 nitrogen and oxygen atoms in total. The summed E-state index contributed by atoms with van der Waals surface area (Å²) >= 11 is 0. The van der Waals surface area contributed by atoms with E-state index >= 15 is 0 Å². The van der Waals surface area contributed by atoms with Gasteiger partial charge in [0.25, 0.3) is 15.7 Å². The largest absolute Gasteiger partial charge is 0.352 e. The molecule has 0 aliphatic heterocycles. The molecule has 1 aliphatic rings. The van der Waals surface area contributed by atoms with Crippen molar-refractivity contribution in [3.05, 3.63) is 100 Å². The zero-order valence-electron chi connectivity index (χ0n) is 23.8. The summed E-state index contributed by atoms with van der Waals surface area (Å²) < 4.78 is 28.6. The highest BCUT2D eigenvalue weighted by Gasteiger charge is 2.35. The lowest BCUT2D eigenvalue weighted by molar-refractivity contribution is -0.384. The number of carbonyl (C=O) groups excluding carboxylic acids is 2. The van der Waals surface area contributed by atoms with E-state index in [0.717, 1.165) is 47.2 Å². The van der Waals surface area contributed by atoms with Gasteiger partial charge >= 0.3 is 0 Å². The molecule has 3 aromatic rings. The number of hydrogen-bond acceptors (Lipinski definition) is 6. The highest BCUT2D eigenvalue weighted by atomic mass is 32.2. The zero-order chi connectivity index (χ0) is 30.3. The van der Waals surface area contributed by atoms with Crippen LogP contribution in [0.15, 0.2) is 83.8 Å². The second kappa shape index (κ2) is 13.6. The third-order valence-electron chi connectivity index (χ3n) is 7.50. The smallest absolute Gasteiger partial charge is 0.271 e. The molecule has 0 unspecified atom stereocenters. The van der Waals surface area contributed by atoms with Crippen LogP contribution in [-0.4, -0.2) is 48.7 Å². The Hall–Kier alpha value is -4.25. The predicted octanol–water partition coefficient (Wildman–Crippen LogP) is 4.96. The summed E-state index contributed by atoms with van der Waals surface area (Å²) in [6, 6.07) is 19.5. The monoisotopic (exact) mass is 592 g/mol. The minimum absolute atomic E-state index is 0.0276. The number of carbonyl (C=O) groups is 2. The van der Waals surface area contributed by atoms with Gasteiger partial charge in [-0.1, -0.05) is 73.9 Å². The van der Waals surface area contributed by atoms with Gasteiger partial charge < -0.3 is 10.2 Å². The van der Waals surface area contributed by atoms with Gasteiger partial charge in [0.15, 0.2) is 0 Å². The van der Waals surface area contributed by atoms with Gasteiger partial charge in [0.05, 0.1) is 15.5 Å². The minimum atomic E-state index is -4.31. The fourth-order valence-corrected chi connectivity index (χ4v) is 6.61. The van der Waals surface area contributed by atoms with Gasteiger partial charge in [0.2, 0.25) is 11.8 Å². The Balaban J connectivity index is 1.73. The Morgan fingerprint density at radius 2 is 1.67 bits per heavy atom. The van der Waals surface area contributed by atoms with E-state index in [-0.39, 0.29) is 34.8 Å². The average molecular weight is 593 g/mol. The number of nitro benzene ring substituents is 1. The Morgan fingerprint density at radius 1 is 1.00 bits per heavy atom. The first-order valence-electron chi connectivity index (χ1n) is 14.1. The molecule has 4 rings (SSSR count). The summed E-state index contributed by atoms with van der Waals surface area (Å²) in [5, 5.41) is 14.6. The van der Waals surface area contributed by atoms with Crippen molar-refractivity contribution in [1.82, 2.24) is 10.2 Å². The molecule has 1 atom stereocenters. The van der Waals surface area contributed by atoms with Crippen LogP contribution in [0.4, 0.5) is 11.4 Å². The third-order valence-corrected chi connectivity index (χ3v) is 9.29. The summed E-state index contributed by atoms with van der Waals surface area (Å²) in [4.78, 5) is 39.9. The quantitative estimate of drug-likeness (QED) is 0.234. The van der Waals surface area contributed by atoms with Crippen LogP contribution in [0.2, 0.25) is 0 Å². The summed E-state index contributed by atoms with van der Waals surface area (Å²) in [5.74, 6) is -0.882. The average Bonchev–Trinajstić information content (AvgIpc) is 3.50. The van der Waals surface area contributed by atoms with Crippen LogP contribution in [0.3, 0.4) is 0 Å². The van der Waals surface area contributed by atoms with Gasteiger partial charge in [-0.2, -0.15) is 0 Å². The summed E-state index contributed by atoms with van der Waals surface area (Å²) in [5.41, 5.74) is 1.48. The molecule has 2 amide bonds. The van der Waals surface area contributed by atoms with Crippen molar-refractivity contribution in [2.45, 2.75) is 69.5 Å². The highest BCUT2D eigenvalue weighted by molar-refractivity contribution is 7.92. The summed E-state index contributed by atoms with van der Waals surface area (Å²) in [7, 11) is -4.31. The SMILES string of the molecule is CC[C@@H](C(=O)NC1CCCC1)N(Cc1ccc(C)cc1)C(=O)CN(c1cccc([N+](=O)[O-])c1)S(=O)(=O)c1ccccc1. The standard InChI is InChI=1S/C31H36N4O6S/c1-3-29(31(37)32-25-10-7-8-11-25)33(21-24-18-16-23(2)17-19-24)30(36)22-34(26-12-9-13-27(20-26)35(38)39)42(40,41)28-14-5-4-6-15-28/h4-6,9,12-20,25,29H,3,7-8,10-11,21-22H2,1-2H3,(H,32,37)/t29-/m0/s1. The molecule has 1 N–H and O–H groups in total. The van der Waals surface area contributed by atoms with Crippen molar-refractivity contribution in [1.29, 1.82) is 0 Å². The molecule has 1 aliphatic carbocycles. The van der Waals surface area contributed by atoms with Crippen LogP contribution in [-0.2, 0) is 26.2 Å². The zero-order valence-corrected chi connectivity index (χ0v) is 24.6. The number of anilines is 1. The number of sulfonamides is 1. The van der Waals surface area contributed by atoms with Gasteiger partial charge in [-0.15, -0.1) is 0 Å². The van der Waals surface area contributed by atoms with Crippen LogP contribution in [0, 0.1) is 17.0 Å². The van der Waals surface area contributed by atoms with E-state index in [1.807, 2.05) is 38.1 Å². The van der Waals surface area contributed by atoms with E-state index < -0.39 is 33.4 Å². The first-order chi connectivity index (χ1) is 20.1. The molecule has 11 heteroatoms. The molecule has 1 fully saturated rings. The van der Waals surface area contributed by atoms with Crippen LogP contribution >= 0.6 is 0 Å². The van der Waals surface area contributed by atoms with Crippen LogP contribution in [0.25, 0.3) is 0 Å². The second-order valence-electron chi connectivity index (χ2n) is 10.5. The number of nitrogens with zero attached hydrogens (tertiary/aromatic N) is 3. The number of nitro groups is 1. The Bertz CT molecular complexity index is 1510. The van der Waals surface area contributed by atoms with Crippen LogP contribution < -0.4 is 9.62 Å². The Labute approximate surface area is 246 Å². The number of amides is 2. The molecule has 0 bridgehead atoms. The number of rotatable bonds is 12. The molecule has 42 heavy (non-hydrogen) atoms. The molecule has 0 saturated heterocycles. The lowest BCUT2D eigenvalue weighted by Crippen LogP contribution is -2.53. The van der Waals surface area contributed by atoms with Crippen molar-refractivity contribution in [3.63, 3.8) is 0 Å². The van der Waals surface area contributed by atoms with E-state index in [4.69, 9.17) is 0 Å². The first kappa shape index (κ1) is 30.7. The molecular formula is C31H36N4O6S. The number of nitrogens with one attached hydrogen (secondary N) is 1. The molecule has 0 aromatic heterocycles. The molecular weight excluding hydrogens is 556 g/mol. The third kappa shape index (κ3) is 7.33. The van der Waals surface area contributed by atoms with Crippen molar-refractivity contribution in [2.75, 3.05) is 10.8 Å². The Kier molecular flexibility index (Phi) is 9.95. The van der Waals surface area contributed by atoms with Crippen molar-refractivity contribution >= 4 is 33.2 Å². The molecule has 1 saturated carbocycles. The number of benzene rings is 3. The molecule has 0 spiro atoms. The van der Waals surface area contributed by atoms with E-state index in [9.17, 15) is 28.1 Å².